The predicted octanol–water partition coefficient (Wildman–Crippen LogP) is 1.93. The first-order chi connectivity index (χ1) is 5.73. The van der Waals surface area contributed by atoms with Gasteiger partial charge < -0.3 is 5.11 Å². The first-order valence-corrected chi connectivity index (χ1v) is 4.49. The molecule has 1 heterocycles. The molecule has 0 aliphatic heterocycles. The number of nitrogens with zero attached hydrogens (tertiary/aromatic N) is 1. The summed E-state index contributed by atoms with van der Waals surface area (Å²) in [6.45, 7) is 9.82. The molecular weight excluding hydrogens is 164 g/mol. The molecule has 2 N–H and O–H groups in total. The van der Waals surface area contributed by atoms with Gasteiger partial charge in [0.25, 0.3) is 0 Å². The zero-order valence-electron chi connectivity index (χ0n) is 8.97. The molecule has 0 aromatic carbocycles. The molecule has 1 aromatic rings. The number of hydrogen-bond donors (Lipinski definition) is 2. The topological polar surface area (TPSA) is 48.9 Å². The van der Waals surface area contributed by atoms with E-state index in [0.29, 0.717) is 0 Å². The van der Waals surface area contributed by atoms with Gasteiger partial charge >= 0.3 is 0 Å². The van der Waals surface area contributed by atoms with Crippen LogP contribution in [0.5, 0.6) is 0 Å². The molecule has 0 aliphatic carbocycles. The van der Waals surface area contributed by atoms with E-state index in [2.05, 4.69) is 31.0 Å². The van der Waals surface area contributed by atoms with Crippen LogP contribution in [0.2, 0.25) is 0 Å². The average Bonchev–Trinajstić information content (AvgIpc) is 2.27. The molecule has 0 saturated heterocycles. The fourth-order valence-electron chi connectivity index (χ4n) is 1.32. The second-order valence-corrected chi connectivity index (χ2v) is 4.97. The third-order valence-electron chi connectivity index (χ3n) is 2.05. The molecule has 3 nitrogen and oxygen atoms in total. The highest BCUT2D eigenvalue weighted by Gasteiger charge is 2.28. The lowest BCUT2D eigenvalue weighted by Crippen LogP contribution is -2.22. The van der Waals surface area contributed by atoms with Crippen LogP contribution >= 0.6 is 0 Å². The Morgan fingerprint density at radius 1 is 1.23 bits per heavy atom. The van der Waals surface area contributed by atoms with Crippen LogP contribution in [0.15, 0.2) is 6.20 Å². The van der Waals surface area contributed by atoms with Crippen LogP contribution in [-0.4, -0.2) is 15.3 Å². The van der Waals surface area contributed by atoms with Crippen molar-refractivity contribution in [1.29, 1.82) is 0 Å². The molecule has 0 spiro atoms. The standard InChI is InChI=1S/C10H18N2O/c1-9(2,3)8-7(6-11-12-8)10(4,5)13/h6,13H,1-5H3,(H,11,12). The monoisotopic (exact) mass is 182 g/mol. The van der Waals surface area contributed by atoms with Crippen LogP contribution in [0.1, 0.15) is 45.9 Å². The quantitative estimate of drug-likeness (QED) is 0.697. The van der Waals surface area contributed by atoms with Crippen LogP contribution in [0.4, 0.5) is 0 Å². The van der Waals surface area contributed by atoms with E-state index in [4.69, 9.17) is 0 Å². The first-order valence-electron chi connectivity index (χ1n) is 4.49. The molecular formula is C10H18N2O. The van der Waals surface area contributed by atoms with Crippen molar-refractivity contribution in [3.05, 3.63) is 17.5 Å². The lowest BCUT2D eigenvalue weighted by molar-refractivity contribution is 0.0766. The van der Waals surface area contributed by atoms with Gasteiger partial charge in [-0.1, -0.05) is 20.8 Å². The fourth-order valence-corrected chi connectivity index (χ4v) is 1.32. The molecule has 0 saturated carbocycles. The Labute approximate surface area is 79.2 Å². The minimum absolute atomic E-state index is 0.00810. The maximum absolute atomic E-state index is 9.86. The second-order valence-electron chi connectivity index (χ2n) is 4.97. The molecule has 3 heteroatoms. The van der Waals surface area contributed by atoms with Crippen molar-refractivity contribution in [3.63, 3.8) is 0 Å². The van der Waals surface area contributed by atoms with Crippen molar-refractivity contribution in [2.75, 3.05) is 0 Å². The molecule has 0 radical (unpaired) electrons. The van der Waals surface area contributed by atoms with E-state index < -0.39 is 5.60 Å². The summed E-state index contributed by atoms with van der Waals surface area (Å²) in [5.41, 5.74) is 1.04. The lowest BCUT2D eigenvalue weighted by Gasteiger charge is -2.24. The van der Waals surface area contributed by atoms with Gasteiger partial charge in [-0.15, -0.1) is 0 Å². The highest BCUT2D eigenvalue weighted by atomic mass is 16.3. The van der Waals surface area contributed by atoms with Crippen molar-refractivity contribution in [3.8, 4) is 0 Å². The molecule has 13 heavy (non-hydrogen) atoms. The number of aliphatic hydroxyl groups is 1. The van der Waals surface area contributed by atoms with Gasteiger partial charge in [0.05, 0.1) is 11.8 Å². The summed E-state index contributed by atoms with van der Waals surface area (Å²) in [7, 11) is 0. The van der Waals surface area contributed by atoms with E-state index in [0.717, 1.165) is 11.3 Å². The van der Waals surface area contributed by atoms with Gasteiger partial charge in [-0.25, -0.2) is 0 Å². The van der Waals surface area contributed by atoms with Crippen LogP contribution in [0.25, 0.3) is 0 Å². The van der Waals surface area contributed by atoms with Crippen molar-refractivity contribution >= 4 is 0 Å². The maximum Gasteiger partial charge on any atom is 0.0873 e. The molecule has 0 amide bonds. The summed E-state index contributed by atoms with van der Waals surface area (Å²) >= 11 is 0. The van der Waals surface area contributed by atoms with Gasteiger partial charge in [0.1, 0.15) is 0 Å². The summed E-state index contributed by atoms with van der Waals surface area (Å²) in [6, 6.07) is 0. The largest absolute Gasteiger partial charge is 0.386 e. The molecule has 0 atom stereocenters. The molecule has 0 unspecified atom stereocenters. The van der Waals surface area contributed by atoms with Crippen molar-refractivity contribution in [2.24, 2.45) is 0 Å². The van der Waals surface area contributed by atoms with Gasteiger partial charge in [-0.2, -0.15) is 5.10 Å². The predicted molar refractivity (Wildman–Crippen MR) is 52.5 cm³/mol. The molecule has 0 bridgehead atoms. The lowest BCUT2D eigenvalue weighted by atomic mass is 9.85. The van der Waals surface area contributed by atoms with Crippen molar-refractivity contribution in [2.45, 2.75) is 45.6 Å². The minimum Gasteiger partial charge on any atom is -0.386 e. The van der Waals surface area contributed by atoms with E-state index in [-0.39, 0.29) is 5.41 Å². The summed E-state index contributed by atoms with van der Waals surface area (Å²) in [5, 5.41) is 16.8. The number of H-pyrrole nitrogens is 1. The Bertz CT molecular complexity index is 260. The Kier molecular flexibility index (Phi) is 2.24. The van der Waals surface area contributed by atoms with Crippen LogP contribution in [0, 0.1) is 0 Å². The average molecular weight is 182 g/mol. The highest BCUT2D eigenvalue weighted by molar-refractivity contribution is 5.28. The van der Waals surface area contributed by atoms with Gasteiger partial charge in [0, 0.05) is 16.7 Å². The van der Waals surface area contributed by atoms with Crippen LogP contribution in [-0.2, 0) is 11.0 Å². The van der Waals surface area contributed by atoms with Crippen LogP contribution in [0.3, 0.4) is 0 Å². The zero-order chi connectivity index (χ0) is 10.3. The number of rotatable bonds is 1. The Morgan fingerprint density at radius 3 is 2.08 bits per heavy atom. The molecule has 0 aliphatic rings. The third kappa shape index (κ3) is 2.10. The van der Waals surface area contributed by atoms with Gasteiger partial charge in [-0.05, 0) is 13.8 Å². The Balaban J connectivity index is 3.19. The normalized spacial score (nSPS) is 13.4. The van der Waals surface area contributed by atoms with Gasteiger partial charge in [0.15, 0.2) is 0 Å². The minimum atomic E-state index is -0.824. The summed E-state index contributed by atoms with van der Waals surface area (Å²) in [5.74, 6) is 0. The van der Waals surface area contributed by atoms with Crippen LogP contribution < -0.4 is 0 Å². The molecule has 1 rings (SSSR count). The Morgan fingerprint density at radius 2 is 1.77 bits per heavy atom. The van der Waals surface area contributed by atoms with E-state index in [1.807, 2.05) is 0 Å². The fraction of sp³-hybridized carbons (Fsp3) is 0.700. The second kappa shape index (κ2) is 2.84. The Hall–Kier alpha value is -0.830. The number of aromatic amines is 1. The van der Waals surface area contributed by atoms with E-state index in [9.17, 15) is 5.11 Å². The van der Waals surface area contributed by atoms with Crippen molar-refractivity contribution < 1.29 is 5.11 Å². The van der Waals surface area contributed by atoms with E-state index in [1.54, 1.807) is 20.0 Å². The summed E-state index contributed by atoms with van der Waals surface area (Å²) < 4.78 is 0. The zero-order valence-corrected chi connectivity index (χ0v) is 8.97. The van der Waals surface area contributed by atoms with Gasteiger partial charge in [0.2, 0.25) is 0 Å². The van der Waals surface area contributed by atoms with E-state index in [1.165, 1.54) is 0 Å². The SMILES string of the molecule is CC(C)(C)c1[nH]ncc1C(C)(C)O. The third-order valence-corrected chi connectivity index (χ3v) is 2.05. The molecule has 0 fully saturated rings. The number of nitrogens with one attached hydrogen (secondary N) is 1. The molecule has 74 valence electrons. The summed E-state index contributed by atoms with van der Waals surface area (Å²) in [4.78, 5) is 0. The maximum atomic E-state index is 9.86. The number of aromatic nitrogens is 2. The smallest absolute Gasteiger partial charge is 0.0873 e. The van der Waals surface area contributed by atoms with E-state index >= 15 is 0 Å². The van der Waals surface area contributed by atoms with Gasteiger partial charge in [-0.3, -0.25) is 5.10 Å². The summed E-state index contributed by atoms with van der Waals surface area (Å²) in [6.07, 6.45) is 1.70. The van der Waals surface area contributed by atoms with Crippen molar-refractivity contribution in [1.82, 2.24) is 10.2 Å². The molecule has 1 aromatic heterocycles. The number of hydrogen-bond acceptors (Lipinski definition) is 2. The first kappa shape index (κ1) is 10.3. The highest BCUT2D eigenvalue weighted by Crippen LogP contribution is 2.30.